The second-order valence-electron chi connectivity index (χ2n) is 6.11. The molecule has 27 heavy (non-hydrogen) atoms. The SMILES string of the molecule is O=C(O)CCCCCN1C(=O)C(=Cc2ccc(-c3ccccc3)o2)SC1=S. The van der Waals surface area contributed by atoms with Crippen LogP contribution in [0.1, 0.15) is 31.4 Å². The van der Waals surface area contributed by atoms with Gasteiger partial charge in [0.05, 0.1) is 4.91 Å². The first-order valence-electron chi connectivity index (χ1n) is 8.67. The molecule has 0 unspecified atom stereocenters. The first-order chi connectivity index (χ1) is 13.0. The lowest BCUT2D eigenvalue weighted by atomic mass is 10.2. The van der Waals surface area contributed by atoms with Crippen LogP contribution in [0.5, 0.6) is 0 Å². The number of hydrogen-bond acceptors (Lipinski definition) is 5. The van der Waals surface area contributed by atoms with Gasteiger partial charge in [-0.3, -0.25) is 14.5 Å². The Balaban J connectivity index is 1.61. The number of furan rings is 1. The number of benzene rings is 1. The highest BCUT2D eigenvalue weighted by molar-refractivity contribution is 8.26. The molecule has 0 spiro atoms. The predicted molar refractivity (Wildman–Crippen MR) is 110 cm³/mol. The molecule has 1 aromatic heterocycles. The van der Waals surface area contributed by atoms with Crippen molar-refractivity contribution in [1.82, 2.24) is 4.90 Å². The predicted octanol–water partition coefficient (Wildman–Crippen LogP) is 4.79. The standard InChI is InChI=1S/C20H19NO4S2/c22-18(23)9-5-2-6-12-21-19(24)17(27-20(21)26)13-15-10-11-16(25-15)14-7-3-1-4-8-14/h1,3-4,7-8,10-11,13H,2,5-6,9,12H2,(H,22,23). The van der Waals surface area contributed by atoms with Gasteiger partial charge in [-0.1, -0.05) is 60.7 Å². The number of carboxylic acid groups (broad SMARTS) is 1. The molecule has 7 heteroatoms. The molecule has 1 aliphatic rings. The van der Waals surface area contributed by atoms with Gasteiger partial charge in [-0.25, -0.2) is 0 Å². The van der Waals surface area contributed by atoms with Crippen LogP contribution < -0.4 is 0 Å². The summed E-state index contributed by atoms with van der Waals surface area (Å²) in [5.74, 6) is 0.435. The molecule has 2 heterocycles. The van der Waals surface area contributed by atoms with Crippen molar-refractivity contribution < 1.29 is 19.1 Å². The van der Waals surface area contributed by atoms with Gasteiger partial charge in [0.2, 0.25) is 0 Å². The van der Waals surface area contributed by atoms with Crippen LogP contribution in [-0.2, 0) is 9.59 Å². The maximum atomic E-state index is 12.6. The normalized spacial score (nSPS) is 15.7. The van der Waals surface area contributed by atoms with E-state index in [9.17, 15) is 9.59 Å². The van der Waals surface area contributed by atoms with E-state index in [4.69, 9.17) is 21.7 Å². The molecule has 0 bridgehead atoms. The van der Waals surface area contributed by atoms with Crippen molar-refractivity contribution in [3.05, 3.63) is 53.1 Å². The summed E-state index contributed by atoms with van der Waals surface area (Å²) in [6, 6.07) is 13.5. The topological polar surface area (TPSA) is 70.8 Å². The Kier molecular flexibility index (Phi) is 6.47. The summed E-state index contributed by atoms with van der Waals surface area (Å²) in [4.78, 5) is 25.2. The van der Waals surface area contributed by atoms with Crippen LogP contribution in [0.4, 0.5) is 0 Å². The molecule has 0 radical (unpaired) electrons. The fourth-order valence-electron chi connectivity index (χ4n) is 2.73. The molecule has 3 rings (SSSR count). The molecule has 1 fully saturated rings. The summed E-state index contributed by atoms with van der Waals surface area (Å²) in [5, 5.41) is 8.65. The lowest BCUT2D eigenvalue weighted by molar-refractivity contribution is -0.137. The average Bonchev–Trinajstić information content (AvgIpc) is 3.22. The van der Waals surface area contributed by atoms with Crippen LogP contribution in [-0.4, -0.2) is 32.7 Å². The van der Waals surface area contributed by atoms with Crippen molar-refractivity contribution in [3.63, 3.8) is 0 Å². The van der Waals surface area contributed by atoms with Crippen LogP contribution in [0.15, 0.2) is 51.8 Å². The molecule has 1 aliphatic heterocycles. The van der Waals surface area contributed by atoms with Gasteiger partial charge in [0.15, 0.2) is 0 Å². The summed E-state index contributed by atoms with van der Waals surface area (Å²) in [7, 11) is 0. The number of unbranched alkanes of at least 4 members (excludes halogenated alkanes) is 2. The first kappa shape index (κ1) is 19.4. The third-order valence-corrected chi connectivity index (χ3v) is 5.48. The number of amides is 1. The van der Waals surface area contributed by atoms with Crippen LogP contribution in [0, 0.1) is 0 Å². The molecule has 2 aromatic rings. The Morgan fingerprint density at radius 2 is 1.93 bits per heavy atom. The maximum absolute atomic E-state index is 12.6. The van der Waals surface area contributed by atoms with Crippen LogP contribution in [0.25, 0.3) is 17.4 Å². The highest BCUT2D eigenvalue weighted by atomic mass is 32.2. The zero-order valence-corrected chi connectivity index (χ0v) is 16.2. The Morgan fingerprint density at radius 3 is 2.67 bits per heavy atom. The quantitative estimate of drug-likeness (QED) is 0.389. The molecule has 0 saturated carbocycles. The fourth-order valence-corrected chi connectivity index (χ4v) is 4.02. The monoisotopic (exact) mass is 401 g/mol. The molecule has 0 aliphatic carbocycles. The van der Waals surface area contributed by atoms with E-state index in [2.05, 4.69) is 0 Å². The highest BCUT2D eigenvalue weighted by Gasteiger charge is 2.31. The number of thiocarbonyl (C=S) groups is 1. The minimum absolute atomic E-state index is 0.124. The Bertz CT molecular complexity index is 873. The first-order valence-corrected chi connectivity index (χ1v) is 9.89. The van der Waals surface area contributed by atoms with E-state index in [-0.39, 0.29) is 12.3 Å². The molecule has 5 nitrogen and oxygen atoms in total. The molecular weight excluding hydrogens is 382 g/mol. The summed E-state index contributed by atoms with van der Waals surface area (Å²) in [6.07, 6.45) is 3.96. The fraction of sp³-hybridized carbons (Fsp3) is 0.250. The van der Waals surface area contributed by atoms with Gasteiger partial charge < -0.3 is 9.52 Å². The van der Waals surface area contributed by atoms with Crippen molar-refractivity contribution in [1.29, 1.82) is 0 Å². The highest BCUT2D eigenvalue weighted by Crippen LogP contribution is 2.33. The number of carbonyl (C=O) groups excluding carboxylic acids is 1. The number of carboxylic acids is 1. The Labute approximate surface area is 167 Å². The molecule has 140 valence electrons. The zero-order valence-electron chi connectivity index (χ0n) is 14.6. The molecule has 1 aromatic carbocycles. The van der Waals surface area contributed by atoms with Crippen molar-refractivity contribution in [2.24, 2.45) is 0 Å². The number of rotatable bonds is 8. The molecule has 1 saturated heterocycles. The third-order valence-electron chi connectivity index (χ3n) is 4.10. The Morgan fingerprint density at radius 1 is 1.15 bits per heavy atom. The van der Waals surface area contributed by atoms with Gasteiger partial charge in [0.1, 0.15) is 15.8 Å². The largest absolute Gasteiger partial charge is 0.481 e. The third kappa shape index (κ3) is 5.08. The van der Waals surface area contributed by atoms with Gasteiger partial charge in [-0.05, 0) is 25.0 Å². The number of nitrogens with zero attached hydrogens (tertiary/aromatic N) is 1. The van der Waals surface area contributed by atoms with E-state index < -0.39 is 5.97 Å². The number of hydrogen-bond donors (Lipinski definition) is 1. The van der Waals surface area contributed by atoms with Gasteiger partial charge in [-0.2, -0.15) is 0 Å². The van der Waals surface area contributed by atoms with Crippen molar-refractivity contribution >= 4 is 46.3 Å². The van der Waals surface area contributed by atoms with E-state index in [0.29, 0.717) is 28.0 Å². The van der Waals surface area contributed by atoms with E-state index in [1.54, 1.807) is 11.0 Å². The lowest BCUT2D eigenvalue weighted by Crippen LogP contribution is -2.29. The van der Waals surface area contributed by atoms with Crippen LogP contribution >= 0.6 is 24.0 Å². The Hall–Kier alpha value is -2.38. The number of aliphatic carboxylic acids is 1. The van der Waals surface area contributed by atoms with Gasteiger partial charge in [0.25, 0.3) is 5.91 Å². The number of carbonyl (C=O) groups is 2. The van der Waals surface area contributed by atoms with Crippen molar-refractivity contribution in [3.8, 4) is 11.3 Å². The number of thioether (sulfide) groups is 1. The van der Waals surface area contributed by atoms with Gasteiger partial charge in [-0.15, -0.1) is 0 Å². The smallest absolute Gasteiger partial charge is 0.303 e. The molecule has 1 N–H and O–H groups in total. The maximum Gasteiger partial charge on any atom is 0.303 e. The summed E-state index contributed by atoms with van der Waals surface area (Å²) in [6.45, 7) is 0.509. The summed E-state index contributed by atoms with van der Waals surface area (Å²) in [5.41, 5.74) is 0.978. The van der Waals surface area contributed by atoms with Crippen LogP contribution in [0.2, 0.25) is 0 Å². The van der Waals surface area contributed by atoms with Gasteiger partial charge in [0, 0.05) is 24.6 Å². The average molecular weight is 402 g/mol. The van der Waals surface area contributed by atoms with E-state index in [0.717, 1.165) is 24.2 Å². The lowest BCUT2D eigenvalue weighted by Gasteiger charge is -2.13. The van der Waals surface area contributed by atoms with Crippen LogP contribution in [0.3, 0.4) is 0 Å². The second-order valence-corrected chi connectivity index (χ2v) is 7.78. The van der Waals surface area contributed by atoms with Crippen molar-refractivity contribution in [2.45, 2.75) is 25.7 Å². The van der Waals surface area contributed by atoms with E-state index in [1.807, 2.05) is 42.5 Å². The molecular formula is C20H19NO4S2. The van der Waals surface area contributed by atoms with Gasteiger partial charge >= 0.3 is 5.97 Å². The zero-order chi connectivity index (χ0) is 19.2. The summed E-state index contributed by atoms with van der Waals surface area (Å²) < 4.78 is 6.35. The molecule has 0 atom stereocenters. The second kappa shape index (κ2) is 9.01. The van der Waals surface area contributed by atoms with Crippen molar-refractivity contribution in [2.75, 3.05) is 6.54 Å². The van der Waals surface area contributed by atoms with E-state index in [1.165, 1.54) is 11.8 Å². The minimum atomic E-state index is -0.795. The minimum Gasteiger partial charge on any atom is -0.481 e. The summed E-state index contributed by atoms with van der Waals surface area (Å²) >= 11 is 6.58. The van der Waals surface area contributed by atoms with E-state index >= 15 is 0 Å². The molecule has 1 amide bonds.